The first-order chi connectivity index (χ1) is 11.7. The van der Waals surface area contributed by atoms with Gasteiger partial charge in [-0.3, -0.25) is 5.10 Å². The van der Waals surface area contributed by atoms with E-state index < -0.39 is 11.7 Å². The lowest BCUT2D eigenvalue weighted by Gasteiger charge is -2.24. The van der Waals surface area contributed by atoms with E-state index in [-0.39, 0.29) is 17.3 Å². The number of nitriles is 1. The van der Waals surface area contributed by atoms with E-state index in [1.807, 2.05) is 17.5 Å². The van der Waals surface area contributed by atoms with Gasteiger partial charge in [0, 0.05) is 5.56 Å². The maximum Gasteiger partial charge on any atom is 0.244 e. The molecule has 118 valence electrons. The third kappa shape index (κ3) is 2.08. The summed E-state index contributed by atoms with van der Waals surface area (Å²) in [5, 5.41) is 18.6. The van der Waals surface area contributed by atoms with Crippen molar-refractivity contribution in [3.8, 4) is 22.5 Å². The van der Waals surface area contributed by atoms with E-state index >= 15 is 0 Å². The zero-order valence-corrected chi connectivity index (χ0v) is 13.1. The van der Waals surface area contributed by atoms with E-state index in [2.05, 4.69) is 16.3 Å². The molecular formula is C17H11FN4OS. The Bertz CT molecular complexity index is 984. The summed E-state index contributed by atoms with van der Waals surface area (Å²) in [5.41, 5.74) is 7.73. The highest BCUT2D eigenvalue weighted by atomic mass is 32.1. The monoisotopic (exact) mass is 338 g/mol. The number of halogens is 1. The number of benzene rings is 1. The fourth-order valence-electron chi connectivity index (χ4n) is 2.87. The van der Waals surface area contributed by atoms with Crippen LogP contribution >= 0.6 is 11.3 Å². The van der Waals surface area contributed by atoms with Crippen molar-refractivity contribution in [1.29, 1.82) is 5.26 Å². The lowest BCUT2D eigenvalue weighted by atomic mass is 9.83. The first-order valence-corrected chi connectivity index (χ1v) is 8.02. The molecule has 2 aromatic heterocycles. The smallest absolute Gasteiger partial charge is 0.244 e. The van der Waals surface area contributed by atoms with Gasteiger partial charge in [0.05, 0.1) is 22.1 Å². The van der Waals surface area contributed by atoms with Gasteiger partial charge in [-0.1, -0.05) is 24.3 Å². The van der Waals surface area contributed by atoms with Crippen molar-refractivity contribution in [2.75, 3.05) is 0 Å². The second kappa shape index (κ2) is 5.51. The number of aromatic amines is 1. The summed E-state index contributed by atoms with van der Waals surface area (Å²) in [7, 11) is 0. The van der Waals surface area contributed by atoms with Gasteiger partial charge < -0.3 is 10.5 Å². The summed E-state index contributed by atoms with van der Waals surface area (Å²) in [5.74, 6) is -0.865. The number of nitrogens with zero attached hydrogens (tertiary/aromatic N) is 2. The molecule has 1 atom stereocenters. The number of allylic oxidation sites excluding steroid dienone is 1. The van der Waals surface area contributed by atoms with Gasteiger partial charge in [-0.2, -0.15) is 5.26 Å². The standard InChI is InChI=1S/C17H11FN4OS/c18-11-5-2-1-4-9(11)13-10(8-19)16(20)23-17-14(13)15(21-22-17)12-6-3-7-24-12/h1-7,13H,20H2,(H,21,22). The Hall–Kier alpha value is -3.11. The number of rotatable bonds is 2. The molecule has 0 saturated carbocycles. The minimum Gasteiger partial charge on any atom is -0.420 e. The first-order valence-electron chi connectivity index (χ1n) is 7.15. The van der Waals surface area contributed by atoms with Crippen molar-refractivity contribution in [2.45, 2.75) is 5.92 Å². The number of nitrogens with two attached hydrogens (primary N) is 1. The van der Waals surface area contributed by atoms with Crippen molar-refractivity contribution in [2.24, 2.45) is 5.73 Å². The molecule has 3 N–H and O–H groups in total. The Balaban J connectivity index is 2.00. The number of nitrogens with one attached hydrogen (secondary N) is 1. The molecule has 4 rings (SSSR count). The van der Waals surface area contributed by atoms with Crippen molar-refractivity contribution in [3.63, 3.8) is 0 Å². The topological polar surface area (TPSA) is 87.7 Å². The molecule has 3 heterocycles. The van der Waals surface area contributed by atoms with Crippen molar-refractivity contribution < 1.29 is 9.13 Å². The van der Waals surface area contributed by atoms with Gasteiger partial charge in [0.1, 0.15) is 17.5 Å². The molecule has 3 aromatic rings. The lowest BCUT2D eigenvalue weighted by Crippen LogP contribution is -2.21. The number of hydrogen-bond acceptors (Lipinski definition) is 5. The van der Waals surface area contributed by atoms with Crippen LogP contribution in [0, 0.1) is 17.1 Å². The van der Waals surface area contributed by atoms with Crippen molar-refractivity contribution in [3.05, 3.63) is 70.2 Å². The molecule has 5 nitrogen and oxygen atoms in total. The van der Waals surface area contributed by atoms with Crippen LogP contribution in [0.5, 0.6) is 5.88 Å². The number of hydrogen-bond donors (Lipinski definition) is 2. The van der Waals surface area contributed by atoms with E-state index in [1.54, 1.807) is 18.2 Å². The van der Waals surface area contributed by atoms with E-state index in [1.165, 1.54) is 17.4 Å². The van der Waals surface area contributed by atoms with Crippen LogP contribution in [0.2, 0.25) is 0 Å². The molecule has 0 amide bonds. The van der Waals surface area contributed by atoms with Gasteiger partial charge in [-0.25, -0.2) is 4.39 Å². The maximum absolute atomic E-state index is 14.4. The normalized spacial score (nSPS) is 16.4. The number of H-pyrrole nitrogens is 1. The Morgan fingerprint density at radius 3 is 2.83 bits per heavy atom. The minimum atomic E-state index is -0.671. The number of ether oxygens (including phenoxy) is 1. The van der Waals surface area contributed by atoms with Crippen molar-refractivity contribution in [1.82, 2.24) is 10.2 Å². The molecule has 0 saturated heterocycles. The predicted molar refractivity (Wildman–Crippen MR) is 87.6 cm³/mol. The third-order valence-corrected chi connectivity index (χ3v) is 4.81. The number of fused-ring (bicyclic) bond motifs is 1. The molecule has 24 heavy (non-hydrogen) atoms. The van der Waals surface area contributed by atoms with Gasteiger partial charge in [0.15, 0.2) is 0 Å². The molecule has 0 bridgehead atoms. The zero-order chi connectivity index (χ0) is 16.7. The summed E-state index contributed by atoms with van der Waals surface area (Å²) in [6, 6.07) is 12.2. The quantitative estimate of drug-likeness (QED) is 0.748. The molecule has 7 heteroatoms. The van der Waals surface area contributed by atoms with Gasteiger partial charge >= 0.3 is 0 Å². The second-order valence-electron chi connectivity index (χ2n) is 5.24. The Morgan fingerprint density at radius 1 is 1.29 bits per heavy atom. The van der Waals surface area contributed by atoms with E-state index in [0.29, 0.717) is 16.8 Å². The van der Waals surface area contributed by atoms with Crippen LogP contribution < -0.4 is 10.5 Å². The van der Waals surface area contributed by atoms with Crippen LogP contribution in [0.25, 0.3) is 10.6 Å². The molecule has 1 aliphatic rings. The highest BCUT2D eigenvalue weighted by Gasteiger charge is 2.36. The molecule has 0 spiro atoms. The average molecular weight is 338 g/mol. The molecule has 0 fully saturated rings. The number of aromatic nitrogens is 2. The van der Waals surface area contributed by atoms with Gasteiger partial charge in [-0.05, 0) is 17.5 Å². The SMILES string of the molecule is N#CC1=C(N)Oc2n[nH]c(-c3cccs3)c2C1c1ccccc1F. The Labute approximate surface area is 140 Å². The largest absolute Gasteiger partial charge is 0.420 e. The molecule has 1 unspecified atom stereocenters. The minimum absolute atomic E-state index is 0.0533. The highest BCUT2D eigenvalue weighted by Crippen LogP contribution is 2.46. The maximum atomic E-state index is 14.4. The molecular weight excluding hydrogens is 327 g/mol. The summed E-state index contributed by atoms with van der Waals surface area (Å²) >= 11 is 1.51. The molecule has 0 aliphatic carbocycles. The van der Waals surface area contributed by atoms with Crippen LogP contribution in [0.3, 0.4) is 0 Å². The Kier molecular flexibility index (Phi) is 3.32. The zero-order valence-electron chi connectivity index (χ0n) is 12.3. The van der Waals surface area contributed by atoms with Crippen LogP contribution in [-0.2, 0) is 0 Å². The molecule has 1 aliphatic heterocycles. The van der Waals surface area contributed by atoms with Crippen LogP contribution in [0.15, 0.2) is 53.2 Å². The fourth-order valence-corrected chi connectivity index (χ4v) is 3.61. The molecule has 0 radical (unpaired) electrons. The summed E-state index contributed by atoms with van der Waals surface area (Å²) in [4.78, 5) is 0.923. The van der Waals surface area contributed by atoms with Crippen LogP contribution in [-0.4, -0.2) is 10.2 Å². The fraction of sp³-hybridized carbons (Fsp3) is 0.0588. The number of thiophene rings is 1. The Morgan fingerprint density at radius 2 is 2.12 bits per heavy atom. The average Bonchev–Trinajstić information content (AvgIpc) is 3.23. The summed E-state index contributed by atoms with van der Waals surface area (Å²) in [6.07, 6.45) is 0. The highest BCUT2D eigenvalue weighted by molar-refractivity contribution is 7.13. The summed E-state index contributed by atoms with van der Waals surface area (Å²) in [6.45, 7) is 0. The third-order valence-electron chi connectivity index (χ3n) is 3.92. The second-order valence-corrected chi connectivity index (χ2v) is 6.19. The van der Waals surface area contributed by atoms with E-state index in [0.717, 1.165) is 4.88 Å². The van der Waals surface area contributed by atoms with Crippen LogP contribution in [0.1, 0.15) is 17.0 Å². The van der Waals surface area contributed by atoms with Gasteiger partial charge in [0.25, 0.3) is 0 Å². The van der Waals surface area contributed by atoms with Gasteiger partial charge in [-0.15, -0.1) is 16.4 Å². The van der Waals surface area contributed by atoms with Crippen LogP contribution in [0.4, 0.5) is 4.39 Å². The van der Waals surface area contributed by atoms with E-state index in [9.17, 15) is 9.65 Å². The first kappa shape index (κ1) is 14.5. The van der Waals surface area contributed by atoms with Gasteiger partial charge in [0.2, 0.25) is 11.8 Å². The predicted octanol–water partition coefficient (Wildman–Crippen LogP) is 3.50. The lowest BCUT2D eigenvalue weighted by molar-refractivity contribution is 0.378. The van der Waals surface area contributed by atoms with E-state index in [4.69, 9.17) is 10.5 Å². The molecule has 1 aromatic carbocycles. The van der Waals surface area contributed by atoms with Crippen molar-refractivity contribution >= 4 is 11.3 Å². The summed E-state index contributed by atoms with van der Waals surface area (Å²) < 4.78 is 19.9.